The quantitative estimate of drug-likeness (QED) is 0.251. The molecule has 0 aliphatic carbocycles. The van der Waals surface area contributed by atoms with Gasteiger partial charge in [0.25, 0.3) is 0 Å². The van der Waals surface area contributed by atoms with E-state index in [4.69, 9.17) is 0 Å². The van der Waals surface area contributed by atoms with Crippen molar-refractivity contribution in [1.29, 1.82) is 0 Å². The third-order valence-electron chi connectivity index (χ3n) is 1.05. The summed E-state index contributed by atoms with van der Waals surface area (Å²) < 4.78 is 0. The Morgan fingerprint density at radius 2 is 2.40 bits per heavy atom. The summed E-state index contributed by atoms with van der Waals surface area (Å²) in [6.45, 7) is 5.54. The lowest BCUT2D eigenvalue weighted by Crippen LogP contribution is -1.74. The summed E-state index contributed by atoms with van der Waals surface area (Å²) in [4.78, 5) is 9.97. The first-order valence-corrected chi connectivity index (χ1v) is 3.44. The van der Waals surface area contributed by atoms with E-state index in [9.17, 15) is 4.79 Å². The predicted octanol–water partition coefficient (Wildman–Crippen LogP) is 1.94. The van der Waals surface area contributed by atoms with E-state index in [1.807, 2.05) is 0 Å². The predicted molar refractivity (Wildman–Crippen MR) is 42.5 cm³/mol. The highest BCUT2D eigenvalue weighted by Crippen LogP contribution is 1.91. The summed E-state index contributed by atoms with van der Waals surface area (Å²) in [7, 11) is 0. The number of allylic oxidation sites excluding steroid dienone is 1. The van der Waals surface area contributed by atoms with E-state index >= 15 is 0 Å². The second-order valence-electron chi connectivity index (χ2n) is 2.05. The Bertz CT molecular complexity index is 169. The number of hydrogen-bond donors (Lipinski definition) is 0. The van der Waals surface area contributed by atoms with Gasteiger partial charge in [0.05, 0.1) is 5.57 Å². The van der Waals surface area contributed by atoms with Crippen molar-refractivity contribution in [3.8, 4) is 11.8 Å². The lowest BCUT2D eigenvalue weighted by atomic mass is 10.2. The SMILES string of the molecule is C=C(C#CCCCC)C=O. The first kappa shape index (κ1) is 8.97. The molecule has 0 saturated carbocycles. The fraction of sp³-hybridized carbons (Fsp3) is 0.444. The molecule has 0 aromatic heterocycles. The summed E-state index contributed by atoms with van der Waals surface area (Å²) in [5.41, 5.74) is 0.371. The third-order valence-corrected chi connectivity index (χ3v) is 1.05. The molecule has 0 bridgehead atoms. The van der Waals surface area contributed by atoms with Crippen molar-refractivity contribution in [2.24, 2.45) is 0 Å². The lowest BCUT2D eigenvalue weighted by Gasteiger charge is -1.82. The van der Waals surface area contributed by atoms with Crippen molar-refractivity contribution in [3.05, 3.63) is 12.2 Å². The van der Waals surface area contributed by atoms with Crippen LogP contribution in [0.5, 0.6) is 0 Å². The fourth-order valence-corrected chi connectivity index (χ4v) is 0.471. The van der Waals surface area contributed by atoms with E-state index < -0.39 is 0 Å². The number of carbonyl (C=O) groups is 1. The van der Waals surface area contributed by atoms with Gasteiger partial charge < -0.3 is 0 Å². The van der Waals surface area contributed by atoms with Crippen LogP contribution in [0.15, 0.2) is 12.2 Å². The minimum absolute atomic E-state index is 0.371. The van der Waals surface area contributed by atoms with Crippen LogP contribution in [0.2, 0.25) is 0 Å². The number of hydrogen-bond acceptors (Lipinski definition) is 1. The Labute approximate surface area is 62.1 Å². The molecule has 1 nitrogen and oxygen atoms in total. The van der Waals surface area contributed by atoms with Crippen LogP contribution in [0, 0.1) is 11.8 Å². The first-order chi connectivity index (χ1) is 4.81. The highest BCUT2D eigenvalue weighted by molar-refractivity contribution is 5.78. The molecule has 54 valence electrons. The van der Waals surface area contributed by atoms with E-state index in [1.54, 1.807) is 0 Å². The molecular weight excluding hydrogens is 124 g/mol. The highest BCUT2D eigenvalue weighted by atomic mass is 16.1. The second-order valence-corrected chi connectivity index (χ2v) is 2.05. The van der Waals surface area contributed by atoms with Crippen molar-refractivity contribution in [1.82, 2.24) is 0 Å². The van der Waals surface area contributed by atoms with Gasteiger partial charge in [0.15, 0.2) is 6.29 Å². The molecule has 0 radical (unpaired) electrons. The van der Waals surface area contributed by atoms with Gasteiger partial charge in [-0.05, 0) is 6.42 Å². The lowest BCUT2D eigenvalue weighted by molar-refractivity contribution is -0.104. The van der Waals surface area contributed by atoms with Crippen molar-refractivity contribution >= 4 is 6.29 Å². The van der Waals surface area contributed by atoms with Crippen LogP contribution in [-0.4, -0.2) is 6.29 Å². The molecule has 0 N–H and O–H groups in total. The van der Waals surface area contributed by atoms with Gasteiger partial charge in [0.2, 0.25) is 0 Å². The summed E-state index contributed by atoms with van der Waals surface area (Å²) in [6.07, 6.45) is 3.78. The maximum Gasteiger partial charge on any atom is 0.157 e. The molecule has 0 fully saturated rings. The van der Waals surface area contributed by atoms with Gasteiger partial charge in [-0.2, -0.15) is 0 Å². The number of carbonyl (C=O) groups excluding carboxylic acids is 1. The third kappa shape index (κ3) is 5.11. The van der Waals surface area contributed by atoms with Crippen LogP contribution >= 0.6 is 0 Å². The maximum atomic E-state index is 9.97. The monoisotopic (exact) mass is 136 g/mol. The zero-order valence-corrected chi connectivity index (χ0v) is 6.31. The average Bonchev–Trinajstić information content (AvgIpc) is 1.98. The molecular formula is C9H12O. The van der Waals surface area contributed by atoms with Crippen LogP contribution < -0.4 is 0 Å². The van der Waals surface area contributed by atoms with Gasteiger partial charge in [-0.1, -0.05) is 31.8 Å². The number of unbranched alkanes of at least 4 members (excludes halogenated alkanes) is 2. The molecule has 0 unspecified atom stereocenters. The molecule has 0 spiro atoms. The topological polar surface area (TPSA) is 17.1 Å². The van der Waals surface area contributed by atoms with Gasteiger partial charge >= 0.3 is 0 Å². The van der Waals surface area contributed by atoms with Crippen LogP contribution in [0.4, 0.5) is 0 Å². The van der Waals surface area contributed by atoms with Gasteiger partial charge in [-0.15, -0.1) is 0 Å². The normalized spacial score (nSPS) is 7.70. The van der Waals surface area contributed by atoms with E-state index in [2.05, 4.69) is 25.3 Å². The van der Waals surface area contributed by atoms with E-state index in [0.717, 1.165) is 19.3 Å². The standard InChI is InChI=1S/C9H12O/c1-3-4-5-6-7-9(2)8-10/h8H,2-5H2,1H3. The van der Waals surface area contributed by atoms with Gasteiger partial charge in [0, 0.05) is 6.42 Å². The minimum Gasteiger partial charge on any atom is -0.297 e. The Morgan fingerprint density at radius 3 is 2.90 bits per heavy atom. The van der Waals surface area contributed by atoms with Crippen molar-refractivity contribution in [3.63, 3.8) is 0 Å². The molecule has 0 heterocycles. The van der Waals surface area contributed by atoms with Crippen LogP contribution in [0.1, 0.15) is 26.2 Å². The van der Waals surface area contributed by atoms with Crippen LogP contribution in [0.25, 0.3) is 0 Å². The van der Waals surface area contributed by atoms with E-state index in [0.29, 0.717) is 11.9 Å². The molecule has 0 rings (SSSR count). The molecule has 1 heteroatoms. The Balaban J connectivity index is 3.48. The average molecular weight is 136 g/mol. The molecule has 0 amide bonds. The second kappa shape index (κ2) is 6.10. The summed E-state index contributed by atoms with van der Waals surface area (Å²) >= 11 is 0. The summed E-state index contributed by atoms with van der Waals surface area (Å²) in [6, 6.07) is 0. The summed E-state index contributed by atoms with van der Waals surface area (Å²) in [5, 5.41) is 0. The van der Waals surface area contributed by atoms with Crippen LogP contribution in [0.3, 0.4) is 0 Å². The number of aldehydes is 1. The molecule has 0 aliphatic heterocycles. The van der Waals surface area contributed by atoms with Gasteiger partial charge in [-0.3, -0.25) is 4.79 Å². The summed E-state index contributed by atoms with van der Waals surface area (Å²) in [5.74, 6) is 5.51. The maximum absolute atomic E-state index is 9.97. The van der Waals surface area contributed by atoms with Gasteiger partial charge in [-0.25, -0.2) is 0 Å². The molecule has 0 aromatic rings. The highest BCUT2D eigenvalue weighted by Gasteiger charge is 1.79. The molecule has 0 saturated heterocycles. The molecule has 0 aromatic carbocycles. The molecule has 10 heavy (non-hydrogen) atoms. The van der Waals surface area contributed by atoms with Crippen molar-refractivity contribution < 1.29 is 4.79 Å². The smallest absolute Gasteiger partial charge is 0.157 e. The zero-order valence-electron chi connectivity index (χ0n) is 6.31. The van der Waals surface area contributed by atoms with Crippen molar-refractivity contribution in [2.45, 2.75) is 26.2 Å². The Kier molecular flexibility index (Phi) is 5.47. The minimum atomic E-state index is 0.371. The Hall–Kier alpha value is -1.03. The molecule has 0 atom stereocenters. The van der Waals surface area contributed by atoms with E-state index in [-0.39, 0.29) is 0 Å². The Morgan fingerprint density at radius 1 is 1.70 bits per heavy atom. The first-order valence-electron chi connectivity index (χ1n) is 3.44. The molecule has 0 aliphatic rings. The van der Waals surface area contributed by atoms with E-state index in [1.165, 1.54) is 0 Å². The largest absolute Gasteiger partial charge is 0.297 e. The zero-order chi connectivity index (χ0) is 7.82. The van der Waals surface area contributed by atoms with Crippen LogP contribution in [-0.2, 0) is 4.79 Å². The fourth-order valence-electron chi connectivity index (χ4n) is 0.471. The number of rotatable bonds is 3. The van der Waals surface area contributed by atoms with Gasteiger partial charge in [0.1, 0.15) is 0 Å². The van der Waals surface area contributed by atoms with Crippen molar-refractivity contribution in [2.75, 3.05) is 0 Å².